The van der Waals surface area contributed by atoms with Crippen molar-refractivity contribution in [1.29, 1.82) is 0 Å². The van der Waals surface area contributed by atoms with Crippen LogP contribution in [0.25, 0.3) is 0 Å². The first kappa shape index (κ1) is 8.23. The third-order valence-corrected chi connectivity index (χ3v) is 0.908. The van der Waals surface area contributed by atoms with Gasteiger partial charge < -0.3 is 10.1 Å². The van der Waals surface area contributed by atoms with Crippen molar-refractivity contribution >= 4 is 22.7 Å². The van der Waals surface area contributed by atoms with E-state index >= 15 is 0 Å². The molecule has 52 valence electrons. The number of rotatable bonds is 1. The molecule has 0 aliphatic carbocycles. The summed E-state index contributed by atoms with van der Waals surface area (Å²) in [6.07, 6.45) is 0. The Morgan fingerprint density at radius 3 is 2.22 bits per heavy atom. The number of halogens is 1. The number of nitrogens with zero attached hydrogens (tertiary/aromatic N) is 2. The molecule has 0 saturated carbocycles. The fourth-order valence-electron chi connectivity index (χ4n) is 0.227. The summed E-state index contributed by atoms with van der Waals surface area (Å²) in [6, 6.07) is 0. The number of hydrogen-bond donors (Lipinski definition) is 1. The van der Waals surface area contributed by atoms with Crippen LogP contribution in [-0.4, -0.2) is 35.3 Å². The van der Waals surface area contributed by atoms with Crippen molar-refractivity contribution in [2.75, 3.05) is 14.1 Å². The van der Waals surface area contributed by atoms with Crippen LogP contribution in [0.15, 0.2) is 5.16 Å². The van der Waals surface area contributed by atoms with Crippen LogP contribution in [0.1, 0.15) is 0 Å². The normalized spacial score (nSPS) is 11.2. The molecule has 0 atom stereocenters. The lowest BCUT2D eigenvalue weighted by Gasteiger charge is -2.05. The molecule has 0 aromatic heterocycles. The van der Waals surface area contributed by atoms with Crippen molar-refractivity contribution in [3.05, 3.63) is 0 Å². The van der Waals surface area contributed by atoms with Crippen LogP contribution < -0.4 is 0 Å². The molecule has 0 saturated heterocycles. The zero-order chi connectivity index (χ0) is 7.44. The molecule has 9 heavy (non-hydrogen) atoms. The van der Waals surface area contributed by atoms with E-state index in [9.17, 15) is 4.79 Å². The average Bonchev–Trinajstić information content (AvgIpc) is 1.84. The fraction of sp³-hybridized carbons (Fsp3) is 0.500. The average molecular weight is 151 g/mol. The van der Waals surface area contributed by atoms with Crippen LogP contribution in [0.5, 0.6) is 0 Å². The van der Waals surface area contributed by atoms with E-state index in [1.54, 1.807) is 0 Å². The van der Waals surface area contributed by atoms with Crippen LogP contribution in [0.4, 0.5) is 0 Å². The predicted octanol–water partition coefficient (Wildman–Crippen LogP) is 0.101. The Morgan fingerprint density at radius 1 is 1.67 bits per heavy atom. The highest BCUT2D eigenvalue weighted by Gasteiger charge is 2.09. The summed E-state index contributed by atoms with van der Waals surface area (Å²) < 4.78 is 0. The minimum absolute atomic E-state index is 0.431. The zero-order valence-electron chi connectivity index (χ0n) is 5.13. The third kappa shape index (κ3) is 2.32. The first-order valence-corrected chi connectivity index (χ1v) is 2.56. The van der Waals surface area contributed by atoms with Gasteiger partial charge in [-0.25, -0.2) is 0 Å². The maximum Gasteiger partial charge on any atom is 0.287 e. The van der Waals surface area contributed by atoms with Crippen LogP contribution in [0, 0.1) is 0 Å². The zero-order valence-corrected chi connectivity index (χ0v) is 5.88. The van der Waals surface area contributed by atoms with Gasteiger partial charge in [-0.15, -0.1) is 0 Å². The molecule has 1 amide bonds. The van der Waals surface area contributed by atoms with E-state index in [4.69, 9.17) is 16.8 Å². The smallest absolute Gasteiger partial charge is 0.287 e. The van der Waals surface area contributed by atoms with Gasteiger partial charge in [0.1, 0.15) is 0 Å². The summed E-state index contributed by atoms with van der Waals surface area (Å²) in [5.74, 6) is -0.515. The van der Waals surface area contributed by atoms with Gasteiger partial charge in [-0.3, -0.25) is 4.79 Å². The van der Waals surface area contributed by atoms with E-state index in [0.717, 1.165) is 0 Å². The molecule has 0 heterocycles. The fourth-order valence-corrected chi connectivity index (χ4v) is 0.396. The standard InChI is InChI=1S/C4H7ClN2O2/c1-7(2)4(8)3(5)6-9/h9H,1-2H3. The van der Waals surface area contributed by atoms with E-state index in [1.807, 2.05) is 0 Å². The number of carbonyl (C=O) groups is 1. The minimum Gasteiger partial charge on any atom is -0.409 e. The summed E-state index contributed by atoms with van der Waals surface area (Å²) in [6.45, 7) is 0. The van der Waals surface area contributed by atoms with Gasteiger partial charge >= 0.3 is 0 Å². The van der Waals surface area contributed by atoms with E-state index in [0.29, 0.717) is 0 Å². The largest absolute Gasteiger partial charge is 0.409 e. The topological polar surface area (TPSA) is 52.9 Å². The highest BCUT2D eigenvalue weighted by molar-refractivity contribution is 6.82. The summed E-state index contributed by atoms with van der Waals surface area (Å²) in [5.41, 5.74) is 0. The molecule has 0 rings (SSSR count). The highest BCUT2D eigenvalue weighted by atomic mass is 35.5. The van der Waals surface area contributed by atoms with Gasteiger partial charge in [0.05, 0.1) is 0 Å². The molecule has 0 bridgehead atoms. The summed E-state index contributed by atoms with van der Waals surface area (Å²) in [7, 11) is 3.02. The second-order valence-corrected chi connectivity index (χ2v) is 1.95. The maximum absolute atomic E-state index is 10.6. The van der Waals surface area contributed by atoms with Crippen LogP contribution >= 0.6 is 11.6 Å². The highest BCUT2D eigenvalue weighted by Crippen LogP contribution is 1.88. The van der Waals surface area contributed by atoms with Gasteiger partial charge in [0.15, 0.2) is 0 Å². The molecule has 4 nitrogen and oxygen atoms in total. The van der Waals surface area contributed by atoms with Gasteiger partial charge in [0, 0.05) is 14.1 Å². The second kappa shape index (κ2) is 3.29. The van der Waals surface area contributed by atoms with Crippen molar-refractivity contribution in [2.45, 2.75) is 0 Å². The van der Waals surface area contributed by atoms with Gasteiger partial charge in [0.25, 0.3) is 5.91 Å². The quantitative estimate of drug-likeness (QED) is 0.328. The molecule has 0 unspecified atom stereocenters. The number of hydrogen-bond acceptors (Lipinski definition) is 3. The van der Waals surface area contributed by atoms with E-state index in [-0.39, 0.29) is 0 Å². The SMILES string of the molecule is CN(C)C(=O)C(Cl)=NO. The van der Waals surface area contributed by atoms with E-state index in [2.05, 4.69) is 5.16 Å². The van der Waals surface area contributed by atoms with Crippen molar-refractivity contribution in [3.8, 4) is 0 Å². The first-order chi connectivity index (χ1) is 4.09. The van der Waals surface area contributed by atoms with Gasteiger partial charge in [-0.05, 0) is 0 Å². The van der Waals surface area contributed by atoms with Gasteiger partial charge in [-0.1, -0.05) is 16.8 Å². The van der Waals surface area contributed by atoms with E-state index in [1.165, 1.54) is 19.0 Å². The van der Waals surface area contributed by atoms with Crippen molar-refractivity contribution < 1.29 is 10.0 Å². The van der Waals surface area contributed by atoms with Crippen molar-refractivity contribution in [2.24, 2.45) is 5.16 Å². The Morgan fingerprint density at radius 2 is 2.11 bits per heavy atom. The molecule has 0 spiro atoms. The second-order valence-electron chi connectivity index (χ2n) is 1.59. The van der Waals surface area contributed by atoms with Crippen LogP contribution in [-0.2, 0) is 4.79 Å². The Balaban J connectivity index is 4.06. The van der Waals surface area contributed by atoms with Crippen LogP contribution in [0.3, 0.4) is 0 Å². The summed E-state index contributed by atoms with van der Waals surface area (Å²) >= 11 is 5.12. The number of amides is 1. The molecule has 5 heteroatoms. The molecular weight excluding hydrogens is 144 g/mol. The maximum atomic E-state index is 10.6. The first-order valence-electron chi connectivity index (χ1n) is 2.18. The Labute approximate surface area is 57.7 Å². The Bertz CT molecular complexity index is 144. The van der Waals surface area contributed by atoms with Gasteiger partial charge in [0.2, 0.25) is 5.17 Å². The lowest BCUT2D eigenvalue weighted by Crippen LogP contribution is -2.26. The molecule has 0 aromatic carbocycles. The van der Waals surface area contributed by atoms with Gasteiger partial charge in [-0.2, -0.15) is 0 Å². The number of carbonyl (C=O) groups excluding carboxylic acids is 1. The summed E-state index contributed by atoms with van der Waals surface area (Å²) in [4.78, 5) is 11.8. The van der Waals surface area contributed by atoms with Crippen molar-refractivity contribution in [1.82, 2.24) is 4.90 Å². The molecule has 0 aliphatic heterocycles. The lowest BCUT2D eigenvalue weighted by molar-refractivity contribution is -0.121. The Hall–Kier alpha value is -0.770. The van der Waals surface area contributed by atoms with Crippen LogP contribution in [0.2, 0.25) is 0 Å². The molecule has 0 aliphatic rings. The monoisotopic (exact) mass is 150 g/mol. The van der Waals surface area contributed by atoms with Crippen molar-refractivity contribution in [3.63, 3.8) is 0 Å². The molecular formula is C4H7ClN2O2. The molecule has 0 fully saturated rings. The minimum atomic E-state index is -0.515. The number of oxime groups is 1. The van der Waals surface area contributed by atoms with E-state index < -0.39 is 11.1 Å². The molecule has 0 radical (unpaired) electrons. The Kier molecular flexibility index (Phi) is 3.01. The summed E-state index contributed by atoms with van der Waals surface area (Å²) in [5, 5.41) is 10.0. The lowest BCUT2D eigenvalue weighted by atomic mass is 10.6. The predicted molar refractivity (Wildman–Crippen MR) is 33.8 cm³/mol. The molecule has 0 aromatic rings. The third-order valence-electron chi connectivity index (χ3n) is 0.670. The molecule has 1 N–H and O–H groups in total.